The van der Waals surface area contributed by atoms with E-state index >= 15 is 0 Å². The van der Waals surface area contributed by atoms with Crippen molar-refractivity contribution < 1.29 is 0 Å². The lowest BCUT2D eigenvalue weighted by atomic mass is 9.88. The summed E-state index contributed by atoms with van der Waals surface area (Å²) in [6, 6.07) is 48.8. The maximum absolute atomic E-state index is 5.00. The molecule has 39 heavy (non-hydrogen) atoms. The highest BCUT2D eigenvalue weighted by Crippen LogP contribution is 2.39. The zero-order valence-corrected chi connectivity index (χ0v) is 21.7. The fraction of sp³-hybridized carbons (Fsp3) is 0.0270. The van der Waals surface area contributed by atoms with Crippen LogP contribution in [0.25, 0.3) is 66.6 Å². The van der Waals surface area contributed by atoms with E-state index in [0.29, 0.717) is 0 Å². The molecule has 1 heterocycles. The molecule has 0 spiro atoms. The topological polar surface area (TPSA) is 25.8 Å². The first kappa shape index (κ1) is 23.1. The highest BCUT2D eigenvalue weighted by Gasteiger charge is 2.14. The van der Waals surface area contributed by atoms with Crippen LogP contribution in [0.5, 0.6) is 0 Å². The third-order valence-electron chi connectivity index (χ3n) is 7.49. The number of aryl methyl sites for hydroxylation is 1. The van der Waals surface area contributed by atoms with Crippen LogP contribution in [-0.4, -0.2) is 9.97 Å². The highest BCUT2D eigenvalue weighted by atomic mass is 14.9. The molecule has 184 valence electrons. The molecule has 0 saturated heterocycles. The molecule has 2 nitrogen and oxygen atoms in total. The maximum Gasteiger partial charge on any atom is 0.160 e. The molecule has 0 radical (unpaired) electrons. The molecule has 7 rings (SSSR count). The summed E-state index contributed by atoms with van der Waals surface area (Å²) in [7, 11) is 0. The van der Waals surface area contributed by atoms with Gasteiger partial charge >= 0.3 is 0 Å². The predicted molar refractivity (Wildman–Crippen MR) is 164 cm³/mol. The van der Waals surface area contributed by atoms with E-state index in [2.05, 4.69) is 110 Å². The van der Waals surface area contributed by atoms with Gasteiger partial charge < -0.3 is 0 Å². The largest absolute Gasteiger partial charge is 0.228 e. The van der Waals surface area contributed by atoms with E-state index in [0.717, 1.165) is 33.9 Å². The minimum atomic E-state index is 0.724. The molecule has 0 fully saturated rings. The lowest BCUT2D eigenvalue weighted by Gasteiger charge is -2.16. The zero-order chi connectivity index (χ0) is 26.2. The lowest BCUT2D eigenvalue weighted by Crippen LogP contribution is -1.96. The van der Waals surface area contributed by atoms with Gasteiger partial charge in [0.2, 0.25) is 0 Å². The molecule has 6 aromatic carbocycles. The summed E-state index contributed by atoms with van der Waals surface area (Å²) in [5, 5.41) is 5.14. The van der Waals surface area contributed by atoms with E-state index in [-0.39, 0.29) is 0 Å². The predicted octanol–water partition coefficient (Wildman–Crippen LogP) is 9.76. The molecule has 0 atom stereocenters. The summed E-state index contributed by atoms with van der Waals surface area (Å²) >= 11 is 0. The van der Waals surface area contributed by atoms with Crippen molar-refractivity contribution in [1.82, 2.24) is 9.97 Å². The van der Waals surface area contributed by atoms with E-state index < -0.39 is 0 Å². The average molecular weight is 499 g/mol. The van der Waals surface area contributed by atoms with Gasteiger partial charge in [-0.15, -0.1) is 0 Å². The Balaban J connectivity index is 1.38. The van der Waals surface area contributed by atoms with Crippen LogP contribution in [0.2, 0.25) is 0 Å². The van der Waals surface area contributed by atoms with Gasteiger partial charge in [0.25, 0.3) is 0 Å². The number of fused-ring (bicyclic) bond motifs is 3. The Bertz CT molecular complexity index is 1880. The summed E-state index contributed by atoms with van der Waals surface area (Å²) in [5.41, 5.74) is 8.75. The fourth-order valence-electron chi connectivity index (χ4n) is 5.57. The van der Waals surface area contributed by atoms with Gasteiger partial charge in [-0.1, -0.05) is 133 Å². The zero-order valence-electron chi connectivity index (χ0n) is 21.7. The number of hydrogen-bond donors (Lipinski definition) is 0. The van der Waals surface area contributed by atoms with E-state index in [9.17, 15) is 0 Å². The number of benzene rings is 6. The van der Waals surface area contributed by atoms with Gasteiger partial charge in [0.05, 0.1) is 11.4 Å². The quantitative estimate of drug-likeness (QED) is 0.226. The number of hydrogen-bond acceptors (Lipinski definition) is 2. The molecule has 0 unspecified atom stereocenters. The number of aromatic nitrogens is 2. The van der Waals surface area contributed by atoms with E-state index in [1.807, 2.05) is 36.4 Å². The Morgan fingerprint density at radius 1 is 0.385 bits per heavy atom. The third kappa shape index (κ3) is 4.17. The van der Waals surface area contributed by atoms with E-state index in [4.69, 9.17) is 9.97 Å². The summed E-state index contributed by atoms with van der Waals surface area (Å²) in [6.07, 6.45) is 0. The maximum atomic E-state index is 5.00. The van der Waals surface area contributed by atoms with Crippen LogP contribution in [0.4, 0.5) is 0 Å². The Morgan fingerprint density at radius 3 is 1.38 bits per heavy atom. The van der Waals surface area contributed by atoms with Crippen molar-refractivity contribution in [2.75, 3.05) is 0 Å². The second kappa shape index (κ2) is 9.66. The number of rotatable bonds is 4. The van der Waals surface area contributed by atoms with E-state index in [1.54, 1.807) is 0 Å². The van der Waals surface area contributed by atoms with Crippen LogP contribution in [-0.2, 0) is 0 Å². The molecular formula is C37H26N2. The average Bonchev–Trinajstić information content (AvgIpc) is 3.02. The van der Waals surface area contributed by atoms with Gasteiger partial charge in [0, 0.05) is 16.7 Å². The standard InChI is InChI=1S/C37H26N2/c1-25-30-16-8-9-17-31(30)32-18-10-11-19-33(32)36(25)28-20-22-29(23-21-28)37-38-34(26-12-4-2-5-13-26)24-35(39-37)27-14-6-3-7-15-27/h2-24H,1H3. The molecule has 1 aromatic heterocycles. The molecule has 0 amide bonds. The van der Waals surface area contributed by atoms with Crippen molar-refractivity contribution in [3.8, 4) is 45.0 Å². The van der Waals surface area contributed by atoms with Gasteiger partial charge in [-0.2, -0.15) is 0 Å². The van der Waals surface area contributed by atoms with Crippen LogP contribution in [0.3, 0.4) is 0 Å². The minimum absolute atomic E-state index is 0.724. The molecule has 0 N–H and O–H groups in total. The molecule has 0 aliphatic rings. The molecule has 2 heteroatoms. The third-order valence-corrected chi connectivity index (χ3v) is 7.49. The molecule has 0 saturated carbocycles. The molecule has 0 aliphatic carbocycles. The second-order valence-electron chi connectivity index (χ2n) is 9.86. The molecule has 0 aliphatic heterocycles. The van der Waals surface area contributed by atoms with Gasteiger partial charge in [0.15, 0.2) is 5.82 Å². The van der Waals surface area contributed by atoms with E-state index in [1.165, 1.54) is 38.2 Å². The van der Waals surface area contributed by atoms with Crippen LogP contribution < -0.4 is 0 Å². The van der Waals surface area contributed by atoms with Crippen molar-refractivity contribution in [2.24, 2.45) is 0 Å². The Morgan fingerprint density at radius 2 is 0.821 bits per heavy atom. The van der Waals surface area contributed by atoms with Crippen LogP contribution in [0.1, 0.15) is 5.56 Å². The molecular weight excluding hydrogens is 472 g/mol. The first-order valence-corrected chi connectivity index (χ1v) is 13.3. The summed E-state index contributed by atoms with van der Waals surface area (Å²) in [5.74, 6) is 0.724. The van der Waals surface area contributed by atoms with Crippen LogP contribution >= 0.6 is 0 Å². The fourth-order valence-corrected chi connectivity index (χ4v) is 5.57. The van der Waals surface area contributed by atoms with Crippen LogP contribution in [0.15, 0.2) is 140 Å². The van der Waals surface area contributed by atoms with Crippen molar-refractivity contribution in [2.45, 2.75) is 6.92 Å². The highest BCUT2D eigenvalue weighted by molar-refractivity contribution is 6.15. The van der Waals surface area contributed by atoms with Gasteiger partial charge in [0.1, 0.15) is 0 Å². The Hall–Kier alpha value is -5.08. The Labute approximate surface area is 228 Å². The Kier molecular flexibility index (Phi) is 5.71. The SMILES string of the molecule is Cc1c(-c2ccc(-c3nc(-c4ccccc4)cc(-c4ccccc4)n3)cc2)c2ccccc2c2ccccc12. The first-order chi connectivity index (χ1) is 19.3. The number of nitrogens with zero attached hydrogens (tertiary/aromatic N) is 2. The van der Waals surface area contributed by atoms with Crippen LogP contribution in [0, 0.1) is 6.92 Å². The smallest absolute Gasteiger partial charge is 0.160 e. The van der Waals surface area contributed by atoms with Crippen molar-refractivity contribution in [3.63, 3.8) is 0 Å². The second-order valence-corrected chi connectivity index (χ2v) is 9.86. The van der Waals surface area contributed by atoms with Gasteiger partial charge in [-0.25, -0.2) is 9.97 Å². The summed E-state index contributed by atoms with van der Waals surface area (Å²) in [4.78, 5) is 10.00. The van der Waals surface area contributed by atoms with Gasteiger partial charge in [-0.05, 0) is 51.2 Å². The molecule has 7 aromatic rings. The lowest BCUT2D eigenvalue weighted by molar-refractivity contribution is 1.18. The minimum Gasteiger partial charge on any atom is -0.228 e. The molecule has 0 bridgehead atoms. The summed E-state index contributed by atoms with van der Waals surface area (Å²) in [6.45, 7) is 2.23. The van der Waals surface area contributed by atoms with Crippen molar-refractivity contribution in [3.05, 3.63) is 145 Å². The normalized spacial score (nSPS) is 11.2. The van der Waals surface area contributed by atoms with Crippen molar-refractivity contribution >= 4 is 21.5 Å². The van der Waals surface area contributed by atoms with Gasteiger partial charge in [-0.3, -0.25) is 0 Å². The monoisotopic (exact) mass is 498 g/mol. The van der Waals surface area contributed by atoms with Crippen molar-refractivity contribution in [1.29, 1.82) is 0 Å². The first-order valence-electron chi connectivity index (χ1n) is 13.3. The summed E-state index contributed by atoms with van der Waals surface area (Å²) < 4.78 is 0.